The maximum absolute atomic E-state index is 4.77. The summed E-state index contributed by atoms with van der Waals surface area (Å²) in [5.74, 6) is 2.25. The number of benzene rings is 1. The second-order valence-electron chi connectivity index (χ2n) is 6.19. The van der Waals surface area contributed by atoms with Gasteiger partial charge in [0.25, 0.3) is 0 Å². The van der Waals surface area contributed by atoms with Crippen molar-refractivity contribution < 1.29 is 0 Å². The van der Waals surface area contributed by atoms with E-state index in [0.29, 0.717) is 5.92 Å². The molecule has 0 amide bonds. The summed E-state index contributed by atoms with van der Waals surface area (Å²) < 4.78 is 1.93. The first-order valence-corrected chi connectivity index (χ1v) is 6.71. The molecular formula is C15H20N4. The molecule has 4 heteroatoms. The monoisotopic (exact) mass is 256 g/mol. The first-order chi connectivity index (χ1) is 8.97. The standard InChI is InChI=1S/C15H20N4/c1-15(2,3)14-17-13(19(4)18-14)11-9-16-12-8-6-5-7-10(11)12/h5-8,11,16H,9H2,1-4H3. The number of nitrogens with zero attached hydrogens (tertiary/aromatic N) is 3. The summed E-state index contributed by atoms with van der Waals surface area (Å²) >= 11 is 0. The molecule has 1 aromatic heterocycles. The molecule has 0 fully saturated rings. The highest BCUT2D eigenvalue weighted by Crippen LogP contribution is 2.35. The topological polar surface area (TPSA) is 42.7 Å². The Labute approximate surface area is 113 Å². The van der Waals surface area contributed by atoms with Gasteiger partial charge in [0, 0.05) is 24.7 Å². The van der Waals surface area contributed by atoms with Crippen molar-refractivity contribution in [1.82, 2.24) is 14.8 Å². The van der Waals surface area contributed by atoms with Crippen molar-refractivity contribution >= 4 is 5.69 Å². The molecule has 19 heavy (non-hydrogen) atoms. The van der Waals surface area contributed by atoms with Gasteiger partial charge in [-0.2, -0.15) is 5.10 Å². The van der Waals surface area contributed by atoms with Crippen LogP contribution < -0.4 is 5.32 Å². The van der Waals surface area contributed by atoms with E-state index in [1.165, 1.54) is 11.3 Å². The van der Waals surface area contributed by atoms with Gasteiger partial charge in [0.2, 0.25) is 0 Å². The summed E-state index contributed by atoms with van der Waals surface area (Å²) in [7, 11) is 1.98. The van der Waals surface area contributed by atoms with Crippen molar-refractivity contribution in [3.8, 4) is 0 Å². The summed E-state index contributed by atoms with van der Waals surface area (Å²) in [4.78, 5) is 4.77. The normalized spacial score (nSPS) is 18.2. The predicted molar refractivity (Wildman–Crippen MR) is 76.5 cm³/mol. The average molecular weight is 256 g/mol. The zero-order valence-electron chi connectivity index (χ0n) is 11.9. The zero-order valence-corrected chi connectivity index (χ0v) is 11.9. The number of rotatable bonds is 1. The summed E-state index contributed by atoms with van der Waals surface area (Å²) in [5, 5.41) is 8.02. The number of hydrogen-bond acceptors (Lipinski definition) is 3. The molecule has 2 heterocycles. The van der Waals surface area contributed by atoms with Crippen LogP contribution in [0.3, 0.4) is 0 Å². The van der Waals surface area contributed by atoms with E-state index in [-0.39, 0.29) is 5.41 Å². The fraction of sp³-hybridized carbons (Fsp3) is 0.467. The van der Waals surface area contributed by atoms with E-state index in [1.54, 1.807) is 0 Å². The summed E-state index contributed by atoms with van der Waals surface area (Å²) in [6.07, 6.45) is 0. The molecule has 1 aliphatic rings. The molecule has 4 nitrogen and oxygen atoms in total. The number of para-hydroxylation sites is 1. The second kappa shape index (κ2) is 4.08. The molecule has 0 spiro atoms. The van der Waals surface area contributed by atoms with Gasteiger partial charge in [-0.05, 0) is 11.6 Å². The maximum atomic E-state index is 4.77. The molecule has 1 atom stereocenters. The van der Waals surface area contributed by atoms with Crippen molar-refractivity contribution in [1.29, 1.82) is 0 Å². The van der Waals surface area contributed by atoms with Gasteiger partial charge >= 0.3 is 0 Å². The van der Waals surface area contributed by atoms with Gasteiger partial charge < -0.3 is 5.32 Å². The summed E-state index contributed by atoms with van der Waals surface area (Å²) in [5.41, 5.74) is 2.52. The first-order valence-electron chi connectivity index (χ1n) is 6.71. The Hall–Kier alpha value is -1.84. The zero-order chi connectivity index (χ0) is 13.6. The van der Waals surface area contributed by atoms with Gasteiger partial charge in [0.1, 0.15) is 5.82 Å². The van der Waals surface area contributed by atoms with Gasteiger partial charge in [-0.15, -0.1) is 0 Å². The number of aryl methyl sites for hydroxylation is 1. The minimum Gasteiger partial charge on any atom is -0.384 e. The Bertz CT molecular complexity index is 607. The number of anilines is 1. The van der Waals surface area contributed by atoms with E-state index in [4.69, 9.17) is 4.98 Å². The maximum Gasteiger partial charge on any atom is 0.156 e. The second-order valence-corrected chi connectivity index (χ2v) is 6.19. The lowest BCUT2D eigenvalue weighted by molar-refractivity contribution is 0.538. The molecule has 2 aromatic rings. The van der Waals surface area contributed by atoms with Gasteiger partial charge in [0.15, 0.2) is 5.82 Å². The minimum absolute atomic E-state index is 0.0123. The van der Waals surface area contributed by atoms with Crippen LogP contribution in [-0.2, 0) is 12.5 Å². The Morgan fingerprint density at radius 3 is 2.68 bits per heavy atom. The summed E-state index contributed by atoms with van der Waals surface area (Å²) in [6, 6.07) is 8.44. The fourth-order valence-electron chi connectivity index (χ4n) is 2.53. The molecule has 0 radical (unpaired) electrons. The highest BCUT2D eigenvalue weighted by molar-refractivity contribution is 5.59. The van der Waals surface area contributed by atoms with E-state index in [9.17, 15) is 0 Å². The van der Waals surface area contributed by atoms with Gasteiger partial charge in [-0.1, -0.05) is 39.0 Å². The van der Waals surface area contributed by atoms with Crippen LogP contribution in [0, 0.1) is 0 Å². The molecule has 1 aromatic carbocycles. The molecule has 0 aliphatic carbocycles. The Balaban J connectivity index is 2.03. The van der Waals surface area contributed by atoms with Crippen LogP contribution >= 0.6 is 0 Å². The van der Waals surface area contributed by atoms with Crippen LogP contribution in [0.1, 0.15) is 43.9 Å². The molecule has 0 saturated carbocycles. The number of fused-ring (bicyclic) bond motifs is 1. The van der Waals surface area contributed by atoms with Crippen molar-refractivity contribution in [2.75, 3.05) is 11.9 Å². The van der Waals surface area contributed by atoms with E-state index in [0.717, 1.165) is 18.2 Å². The quantitative estimate of drug-likeness (QED) is 0.853. The van der Waals surface area contributed by atoms with Crippen LogP contribution in [0.5, 0.6) is 0 Å². The molecule has 3 rings (SSSR count). The van der Waals surface area contributed by atoms with Crippen LogP contribution in [0.4, 0.5) is 5.69 Å². The molecule has 100 valence electrons. The lowest BCUT2D eigenvalue weighted by Crippen LogP contribution is -2.14. The first kappa shape index (κ1) is 12.2. The predicted octanol–water partition coefficient (Wildman–Crippen LogP) is 2.67. The van der Waals surface area contributed by atoms with Gasteiger partial charge in [-0.25, -0.2) is 4.98 Å². The van der Waals surface area contributed by atoms with Crippen LogP contribution in [0.2, 0.25) is 0 Å². The van der Waals surface area contributed by atoms with Crippen molar-refractivity contribution in [3.05, 3.63) is 41.5 Å². The third-order valence-electron chi connectivity index (χ3n) is 3.61. The minimum atomic E-state index is -0.0123. The summed E-state index contributed by atoms with van der Waals surface area (Å²) in [6.45, 7) is 7.34. The van der Waals surface area contributed by atoms with E-state index in [1.807, 2.05) is 11.7 Å². The molecule has 1 aliphatic heterocycles. The molecule has 1 N–H and O–H groups in total. The smallest absolute Gasteiger partial charge is 0.156 e. The van der Waals surface area contributed by atoms with Crippen molar-refractivity contribution in [2.24, 2.45) is 7.05 Å². The van der Waals surface area contributed by atoms with E-state index in [2.05, 4.69) is 55.5 Å². The third kappa shape index (κ3) is 2.01. The fourth-order valence-corrected chi connectivity index (χ4v) is 2.53. The van der Waals surface area contributed by atoms with E-state index >= 15 is 0 Å². The van der Waals surface area contributed by atoms with Crippen LogP contribution in [-0.4, -0.2) is 21.3 Å². The van der Waals surface area contributed by atoms with Gasteiger partial charge in [-0.3, -0.25) is 4.68 Å². The van der Waals surface area contributed by atoms with E-state index < -0.39 is 0 Å². The molecule has 0 saturated heterocycles. The number of hydrogen-bond donors (Lipinski definition) is 1. The average Bonchev–Trinajstić information content (AvgIpc) is 2.91. The highest BCUT2D eigenvalue weighted by Gasteiger charge is 2.29. The van der Waals surface area contributed by atoms with Crippen LogP contribution in [0.25, 0.3) is 0 Å². The number of nitrogens with one attached hydrogen (secondary N) is 1. The Morgan fingerprint density at radius 1 is 1.26 bits per heavy atom. The lowest BCUT2D eigenvalue weighted by atomic mass is 9.96. The highest BCUT2D eigenvalue weighted by atomic mass is 15.3. The largest absolute Gasteiger partial charge is 0.384 e. The van der Waals surface area contributed by atoms with Crippen LogP contribution in [0.15, 0.2) is 24.3 Å². The Morgan fingerprint density at radius 2 is 2.00 bits per heavy atom. The van der Waals surface area contributed by atoms with Crippen molar-refractivity contribution in [3.63, 3.8) is 0 Å². The molecular weight excluding hydrogens is 236 g/mol. The SMILES string of the molecule is Cn1nc(C(C)(C)C)nc1C1CNc2ccccc21. The number of aromatic nitrogens is 3. The van der Waals surface area contributed by atoms with Crippen molar-refractivity contribution in [2.45, 2.75) is 32.1 Å². The van der Waals surface area contributed by atoms with Gasteiger partial charge in [0.05, 0.1) is 5.92 Å². The molecule has 0 bridgehead atoms. The Kier molecular flexibility index (Phi) is 2.62. The third-order valence-corrected chi connectivity index (χ3v) is 3.61. The lowest BCUT2D eigenvalue weighted by Gasteiger charge is -2.12. The molecule has 1 unspecified atom stereocenters.